The van der Waals surface area contributed by atoms with Gasteiger partial charge in [0.25, 0.3) is 0 Å². The van der Waals surface area contributed by atoms with Gasteiger partial charge in [0.15, 0.2) is 0 Å². The van der Waals surface area contributed by atoms with Crippen LogP contribution in [-0.2, 0) is 4.79 Å². The van der Waals surface area contributed by atoms with Crippen LogP contribution in [-0.4, -0.2) is 35.7 Å². The van der Waals surface area contributed by atoms with E-state index in [-0.39, 0.29) is 11.8 Å². The fourth-order valence-corrected chi connectivity index (χ4v) is 4.97. The van der Waals surface area contributed by atoms with Crippen molar-refractivity contribution in [3.05, 3.63) is 28.2 Å². The summed E-state index contributed by atoms with van der Waals surface area (Å²) in [4.78, 5) is 14.0. The van der Waals surface area contributed by atoms with Gasteiger partial charge in [0, 0.05) is 29.2 Å². The number of aliphatic carboxylic acids is 1. The van der Waals surface area contributed by atoms with E-state index in [9.17, 15) is 9.90 Å². The van der Waals surface area contributed by atoms with Gasteiger partial charge in [-0.3, -0.25) is 4.79 Å². The molecule has 1 saturated heterocycles. The van der Waals surface area contributed by atoms with Gasteiger partial charge < -0.3 is 10.0 Å². The van der Waals surface area contributed by atoms with E-state index < -0.39 is 5.97 Å². The summed E-state index contributed by atoms with van der Waals surface area (Å²) >= 11 is 5.37. The molecular formula is C14H16BrNO2S. The van der Waals surface area contributed by atoms with Crippen LogP contribution in [0.15, 0.2) is 22.7 Å². The first kappa shape index (κ1) is 13.3. The van der Waals surface area contributed by atoms with Gasteiger partial charge in [0.2, 0.25) is 0 Å². The van der Waals surface area contributed by atoms with Crippen molar-refractivity contribution in [2.24, 2.45) is 5.92 Å². The molecule has 2 aliphatic rings. The molecule has 19 heavy (non-hydrogen) atoms. The van der Waals surface area contributed by atoms with Crippen LogP contribution in [0.4, 0.5) is 5.69 Å². The Kier molecular flexibility index (Phi) is 3.52. The number of hydrogen-bond acceptors (Lipinski definition) is 3. The number of carboxylic acids is 1. The molecule has 0 aromatic heterocycles. The van der Waals surface area contributed by atoms with Gasteiger partial charge in [-0.2, -0.15) is 11.8 Å². The molecule has 0 amide bonds. The molecule has 2 heterocycles. The van der Waals surface area contributed by atoms with Crippen molar-refractivity contribution in [1.82, 2.24) is 0 Å². The minimum atomic E-state index is -0.686. The zero-order valence-corrected chi connectivity index (χ0v) is 13.1. The Balaban J connectivity index is 2.13. The highest BCUT2D eigenvalue weighted by Gasteiger charge is 2.44. The molecule has 3 rings (SSSR count). The molecule has 2 aliphatic heterocycles. The van der Waals surface area contributed by atoms with Crippen LogP contribution in [0.5, 0.6) is 0 Å². The number of carbonyl (C=O) groups is 1. The quantitative estimate of drug-likeness (QED) is 0.851. The first-order chi connectivity index (χ1) is 9.09. The van der Waals surface area contributed by atoms with Gasteiger partial charge in [0.05, 0.1) is 5.92 Å². The fraction of sp³-hybridized carbons (Fsp3) is 0.500. The van der Waals surface area contributed by atoms with Crippen LogP contribution in [0, 0.1) is 5.92 Å². The molecule has 0 bridgehead atoms. The topological polar surface area (TPSA) is 40.5 Å². The standard InChI is InChI=1S/C14H16BrNO2S/c1-16-11-4-5-19-7-10(11)13(14(17)18)9-3-2-8(15)6-12(9)16/h2-3,6,10-11,13H,4-5,7H2,1H3,(H,17,18). The van der Waals surface area contributed by atoms with E-state index in [1.807, 2.05) is 30.0 Å². The van der Waals surface area contributed by atoms with Crippen molar-refractivity contribution in [2.75, 3.05) is 23.5 Å². The number of carboxylic acid groups (broad SMARTS) is 1. The SMILES string of the molecule is CN1c2cc(Br)ccc2C(C(=O)O)C2CSCCC21. The molecule has 0 spiro atoms. The molecule has 5 heteroatoms. The molecule has 3 atom stereocenters. The van der Waals surface area contributed by atoms with E-state index in [4.69, 9.17) is 0 Å². The van der Waals surface area contributed by atoms with Gasteiger partial charge in [-0.25, -0.2) is 0 Å². The Morgan fingerprint density at radius 2 is 2.32 bits per heavy atom. The molecule has 3 unspecified atom stereocenters. The zero-order chi connectivity index (χ0) is 13.6. The lowest BCUT2D eigenvalue weighted by atomic mass is 9.76. The van der Waals surface area contributed by atoms with Gasteiger partial charge >= 0.3 is 5.97 Å². The third kappa shape index (κ3) is 2.17. The van der Waals surface area contributed by atoms with Crippen LogP contribution in [0.3, 0.4) is 0 Å². The molecule has 1 fully saturated rings. The van der Waals surface area contributed by atoms with Crippen LogP contribution in [0.25, 0.3) is 0 Å². The lowest BCUT2D eigenvalue weighted by Crippen LogP contribution is -2.50. The number of fused-ring (bicyclic) bond motifs is 2. The molecule has 0 radical (unpaired) electrons. The minimum Gasteiger partial charge on any atom is -0.481 e. The first-order valence-corrected chi connectivity index (χ1v) is 8.37. The highest BCUT2D eigenvalue weighted by molar-refractivity contribution is 9.10. The molecular weight excluding hydrogens is 326 g/mol. The van der Waals surface area contributed by atoms with Crippen LogP contribution in [0.2, 0.25) is 0 Å². The third-order valence-corrected chi connectivity index (χ3v) is 5.90. The Morgan fingerprint density at radius 3 is 3.05 bits per heavy atom. The highest BCUT2D eigenvalue weighted by atomic mass is 79.9. The average Bonchev–Trinajstić information content (AvgIpc) is 2.39. The fourth-order valence-electron chi connectivity index (χ4n) is 3.36. The van der Waals surface area contributed by atoms with Crippen molar-refractivity contribution >= 4 is 39.3 Å². The summed E-state index contributed by atoms with van der Waals surface area (Å²) in [6, 6.07) is 6.30. The summed E-state index contributed by atoms with van der Waals surface area (Å²) in [6.45, 7) is 0. The summed E-state index contributed by atoms with van der Waals surface area (Å²) < 4.78 is 1.01. The smallest absolute Gasteiger partial charge is 0.311 e. The molecule has 0 saturated carbocycles. The molecule has 1 aromatic carbocycles. The van der Waals surface area contributed by atoms with Crippen LogP contribution < -0.4 is 4.90 Å². The predicted octanol–water partition coefficient (Wildman–Crippen LogP) is 3.19. The Hall–Kier alpha value is -0.680. The number of thioether (sulfide) groups is 1. The van der Waals surface area contributed by atoms with Gasteiger partial charge in [0.1, 0.15) is 0 Å². The lowest BCUT2D eigenvalue weighted by Gasteiger charge is -2.47. The second-order valence-electron chi connectivity index (χ2n) is 5.22. The molecule has 3 nitrogen and oxygen atoms in total. The maximum Gasteiger partial charge on any atom is 0.311 e. The monoisotopic (exact) mass is 341 g/mol. The number of nitrogens with zero attached hydrogens (tertiary/aromatic N) is 1. The second kappa shape index (κ2) is 5.02. The van der Waals surface area contributed by atoms with E-state index in [1.54, 1.807) is 0 Å². The summed E-state index contributed by atoms with van der Waals surface area (Å²) in [5.41, 5.74) is 2.02. The van der Waals surface area contributed by atoms with Crippen LogP contribution >= 0.6 is 27.7 Å². The van der Waals surface area contributed by atoms with E-state index in [2.05, 4.69) is 27.9 Å². The van der Waals surface area contributed by atoms with E-state index in [1.165, 1.54) is 0 Å². The zero-order valence-electron chi connectivity index (χ0n) is 10.7. The summed E-state index contributed by atoms with van der Waals surface area (Å²) in [7, 11) is 2.09. The largest absolute Gasteiger partial charge is 0.481 e. The Labute approximate surface area is 125 Å². The van der Waals surface area contributed by atoms with Crippen molar-refractivity contribution in [3.8, 4) is 0 Å². The maximum atomic E-state index is 11.7. The van der Waals surface area contributed by atoms with Crippen molar-refractivity contribution < 1.29 is 9.90 Å². The Bertz CT molecular complexity index is 522. The van der Waals surface area contributed by atoms with E-state index >= 15 is 0 Å². The second-order valence-corrected chi connectivity index (χ2v) is 7.29. The van der Waals surface area contributed by atoms with Crippen molar-refractivity contribution in [2.45, 2.75) is 18.4 Å². The van der Waals surface area contributed by atoms with Crippen molar-refractivity contribution in [1.29, 1.82) is 0 Å². The first-order valence-electron chi connectivity index (χ1n) is 6.42. The average molecular weight is 342 g/mol. The summed E-state index contributed by atoms with van der Waals surface area (Å²) in [5, 5.41) is 9.64. The van der Waals surface area contributed by atoms with Crippen LogP contribution in [0.1, 0.15) is 17.9 Å². The molecule has 0 aliphatic carbocycles. The van der Waals surface area contributed by atoms with E-state index in [0.29, 0.717) is 6.04 Å². The molecule has 1 N–H and O–H groups in total. The number of anilines is 1. The Morgan fingerprint density at radius 1 is 1.53 bits per heavy atom. The van der Waals surface area contributed by atoms with Gasteiger partial charge in [-0.05, 0) is 35.6 Å². The molecule has 102 valence electrons. The van der Waals surface area contributed by atoms with Gasteiger partial charge in [-0.1, -0.05) is 22.0 Å². The lowest BCUT2D eigenvalue weighted by molar-refractivity contribution is -0.140. The maximum absolute atomic E-state index is 11.7. The van der Waals surface area contributed by atoms with E-state index in [0.717, 1.165) is 33.7 Å². The predicted molar refractivity (Wildman–Crippen MR) is 82.1 cm³/mol. The van der Waals surface area contributed by atoms with Gasteiger partial charge in [-0.15, -0.1) is 0 Å². The number of hydrogen-bond donors (Lipinski definition) is 1. The normalized spacial score (nSPS) is 29.6. The van der Waals surface area contributed by atoms with Crippen molar-refractivity contribution in [3.63, 3.8) is 0 Å². The minimum absolute atomic E-state index is 0.218. The number of halogens is 1. The third-order valence-electron chi connectivity index (χ3n) is 4.26. The summed E-state index contributed by atoms with van der Waals surface area (Å²) in [6.07, 6.45) is 1.07. The summed E-state index contributed by atoms with van der Waals surface area (Å²) in [5.74, 6) is 1.24. The molecule has 1 aromatic rings. The highest BCUT2D eigenvalue weighted by Crippen LogP contribution is 2.46. The number of benzene rings is 1. The number of rotatable bonds is 1.